The van der Waals surface area contributed by atoms with E-state index in [1.54, 1.807) is 0 Å². The van der Waals surface area contributed by atoms with E-state index >= 15 is 0 Å². The number of rotatable bonds is 5. The number of fused-ring (bicyclic) bond motifs is 3. The molecule has 2 bridgehead atoms. The number of carbonyl (C=O) groups excluding carboxylic acids is 1. The number of aromatic amines is 1. The Balaban J connectivity index is 0.00000182. The summed E-state index contributed by atoms with van der Waals surface area (Å²) in [5, 5.41) is 4.35. The predicted molar refractivity (Wildman–Crippen MR) is 104 cm³/mol. The molecule has 4 unspecified atom stereocenters. The van der Waals surface area contributed by atoms with Gasteiger partial charge in [0.2, 0.25) is 5.91 Å². The molecule has 2 aliphatic carbocycles. The monoisotopic (exact) mass is 361 g/mol. The average Bonchev–Trinajstić information content (AvgIpc) is 3.30. The molecular formula is C20H28ClN3O. The van der Waals surface area contributed by atoms with Gasteiger partial charge >= 0.3 is 0 Å². The van der Waals surface area contributed by atoms with Crippen molar-refractivity contribution in [3.8, 4) is 0 Å². The first kappa shape index (κ1) is 18.3. The number of hydrogen-bond donors (Lipinski definition) is 3. The quantitative estimate of drug-likeness (QED) is 0.763. The SMILES string of the molecule is CC(NC(=O)[C@@H](N)Cc1c[nH]c2ccccc12)C1CC2CCC1C2.Cl. The van der Waals surface area contributed by atoms with Crippen LogP contribution in [0.4, 0.5) is 0 Å². The highest BCUT2D eigenvalue weighted by atomic mass is 35.5. The molecule has 4 N–H and O–H groups in total. The Labute approximate surface area is 155 Å². The maximum atomic E-state index is 12.5. The number of benzene rings is 1. The largest absolute Gasteiger partial charge is 0.361 e. The third kappa shape index (κ3) is 3.56. The number of aromatic nitrogens is 1. The number of amides is 1. The van der Waals surface area contributed by atoms with Gasteiger partial charge in [-0.05, 0) is 62.0 Å². The fourth-order valence-corrected chi connectivity index (χ4v) is 4.97. The Morgan fingerprint density at radius 1 is 1.32 bits per heavy atom. The van der Waals surface area contributed by atoms with E-state index in [-0.39, 0.29) is 24.4 Å². The second-order valence-electron chi connectivity index (χ2n) is 7.81. The Morgan fingerprint density at radius 3 is 2.84 bits per heavy atom. The topological polar surface area (TPSA) is 70.9 Å². The molecule has 25 heavy (non-hydrogen) atoms. The van der Waals surface area contributed by atoms with Crippen LogP contribution in [-0.4, -0.2) is 23.0 Å². The lowest BCUT2D eigenvalue weighted by atomic mass is 9.84. The summed E-state index contributed by atoms with van der Waals surface area (Å²) in [5.74, 6) is 2.35. The number of carbonyl (C=O) groups is 1. The second-order valence-corrected chi connectivity index (χ2v) is 7.81. The third-order valence-corrected chi connectivity index (χ3v) is 6.26. The van der Waals surface area contributed by atoms with Crippen LogP contribution >= 0.6 is 12.4 Å². The molecule has 2 saturated carbocycles. The minimum atomic E-state index is -0.495. The summed E-state index contributed by atoms with van der Waals surface area (Å²) in [6.45, 7) is 2.15. The highest BCUT2D eigenvalue weighted by Crippen LogP contribution is 2.49. The van der Waals surface area contributed by atoms with Crippen LogP contribution in [0.1, 0.15) is 38.2 Å². The summed E-state index contributed by atoms with van der Waals surface area (Å²) in [7, 11) is 0. The lowest BCUT2D eigenvalue weighted by Crippen LogP contribution is -2.48. The molecule has 0 saturated heterocycles. The molecule has 0 radical (unpaired) electrons. The number of H-pyrrole nitrogens is 1. The molecule has 0 spiro atoms. The molecule has 2 aromatic rings. The minimum absolute atomic E-state index is 0. The molecule has 1 amide bonds. The van der Waals surface area contributed by atoms with Crippen LogP contribution in [0.5, 0.6) is 0 Å². The maximum Gasteiger partial charge on any atom is 0.237 e. The number of nitrogens with two attached hydrogens (primary N) is 1. The van der Waals surface area contributed by atoms with Gasteiger partial charge in [-0.2, -0.15) is 0 Å². The van der Waals surface area contributed by atoms with E-state index in [9.17, 15) is 4.79 Å². The van der Waals surface area contributed by atoms with Gasteiger partial charge in [0.25, 0.3) is 0 Å². The smallest absolute Gasteiger partial charge is 0.237 e. The van der Waals surface area contributed by atoms with Crippen molar-refractivity contribution in [2.24, 2.45) is 23.5 Å². The molecular weight excluding hydrogens is 334 g/mol. The average molecular weight is 362 g/mol. The van der Waals surface area contributed by atoms with E-state index in [1.807, 2.05) is 24.4 Å². The molecule has 1 aromatic heterocycles. The standard InChI is InChI=1S/C20H27N3O.ClH/c1-12(17-9-13-6-7-14(17)8-13)23-20(24)18(21)10-15-11-22-19-5-3-2-4-16(15)19;/h2-5,11-14,17-18,22H,6-10,21H2,1H3,(H,23,24);1H/t12?,13?,14?,17?,18-;/m0./s1. The maximum absolute atomic E-state index is 12.5. The zero-order chi connectivity index (χ0) is 16.7. The van der Waals surface area contributed by atoms with Crippen molar-refractivity contribution in [3.05, 3.63) is 36.0 Å². The summed E-state index contributed by atoms with van der Waals surface area (Å²) >= 11 is 0. The van der Waals surface area contributed by atoms with Gasteiger partial charge in [-0.25, -0.2) is 0 Å². The molecule has 1 aromatic carbocycles. The Hall–Kier alpha value is -1.52. The summed E-state index contributed by atoms with van der Waals surface area (Å²) in [5.41, 5.74) is 8.40. The number of nitrogens with one attached hydrogen (secondary N) is 2. The van der Waals surface area contributed by atoms with Crippen LogP contribution in [0.3, 0.4) is 0 Å². The van der Waals surface area contributed by atoms with E-state index in [2.05, 4.69) is 23.3 Å². The Bertz CT molecular complexity index is 743. The highest BCUT2D eigenvalue weighted by Gasteiger charge is 2.42. The third-order valence-electron chi connectivity index (χ3n) is 6.26. The summed E-state index contributed by atoms with van der Waals surface area (Å²) in [4.78, 5) is 15.8. The number of halogens is 1. The molecule has 2 fully saturated rings. The van der Waals surface area contributed by atoms with Crippen molar-refractivity contribution in [2.45, 2.75) is 51.1 Å². The van der Waals surface area contributed by atoms with Crippen molar-refractivity contribution in [1.82, 2.24) is 10.3 Å². The number of hydrogen-bond acceptors (Lipinski definition) is 2. The van der Waals surface area contributed by atoms with Gasteiger partial charge in [-0.15, -0.1) is 12.4 Å². The summed E-state index contributed by atoms with van der Waals surface area (Å²) < 4.78 is 0. The fraction of sp³-hybridized carbons (Fsp3) is 0.550. The van der Waals surface area contributed by atoms with E-state index in [0.29, 0.717) is 12.3 Å². The molecule has 0 aliphatic heterocycles. The zero-order valence-corrected chi connectivity index (χ0v) is 15.5. The van der Waals surface area contributed by atoms with Crippen LogP contribution in [-0.2, 0) is 11.2 Å². The first-order valence-corrected chi connectivity index (χ1v) is 9.22. The van der Waals surface area contributed by atoms with Crippen molar-refractivity contribution >= 4 is 29.2 Å². The Kier molecular flexibility index (Phi) is 5.40. The van der Waals surface area contributed by atoms with Crippen molar-refractivity contribution in [1.29, 1.82) is 0 Å². The van der Waals surface area contributed by atoms with Gasteiger partial charge in [-0.1, -0.05) is 24.6 Å². The van der Waals surface area contributed by atoms with Crippen LogP contribution < -0.4 is 11.1 Å². The van der Waals surface area contributed by atoms with Gasteiger partial charge in [0.15, 0.2) is 0 Å². The molecule has 4 rings (SSSR count). The van der Waals surface area contributed by atoms with E-state index < -0.39 is 6.04 Å². The van der Waals surface area contributed by atoms with Gasteiger partial charge in [0.1, 0.15) is 0 Å². The van der Waals surface area contributed by atoms with Crippen LogP contribution in [0.2, 0.25) is 0 Å². The first-order valence-electron chi connectivity index (χ1n) is 9.22. The van der Waals surface area contributed by atoms with Gasteiger partial charge in [0, 0.05) is 23.1 Å². The minimum Gasteiger partial charge on any atom is -0.361 e. The van der Waals surface area contributed by atoms with E-state index in [4.69, 9.17) is 5.73 Å². The normalized spacial score (nSPS) is 27.0. The van der Waals surface area contributed by atoms with Crippen molar-refractivity contribution < 1.29 is 4.79 Å². The van der Waals surface area contributed by atoms with Crippen LogP contribution in [0.15, 0.2) is 30.5 Å². The second kappa shape index (κ2) is 7.38. The van der Waals surface area contributed by atoms with Crippen molar-refractivity contribution in [3.63, 3.8) is 0 Å². The summed E-state index contributed by atoms with van der Waals surface area (Å²) in [6, 6.07) is 7.88. The van der Waals surface area contributed by atoms with E-state index in [0.717, 1.165) is 28.3 Å². The van der Waals surface area contributed by atoms with Crippen LogP contribution in [0, 0.1) is 17.8 Å². The molecule has 5 heteroatoms. The van der Waals surface area contributed by atoms with Gasteiger partial charge in [0.05, 0.1) is 6.04 Å². The first-order chi connectivity index (χ1) is 11.6. The zero-order valence-electron chi connectivity index (χ0n) is 14.7. The van der Waals surface area contributed by atoms with Gasteiger partial charge in [-0.3, -0.25) is 4.79 Å². The van der Waals surface area contributed by atoms with Gasteiger partial charge < -0.3 is 16.0 Å². The number of para-hydroxylation sites is 1. The molecule has 4 nitrogen and oxygen atoms in total. The van der Waals surface area contributed by atoms with E-state index in [1.165, 1.54) is 25.7 Å². The Morgan fingerprint density at radius 2 is 2.12 bits per heavy atom. The van der Waals surface area contributed by atoms with Crippen LogP contribution in [0.25, 0.3) is 10.9 Å². The highest BCUT2D eigenvalue weighted by molar-refractivity contribution is 5.86. The van der Waals surface area contributed by atoms with Crippen molar-refractivity contribution in [2.75, 3.05) is 0 Å². The molecule has 136 valence electrons. The molecule has 1 heterocycles. The summed E-state index contributed by atoms with van der Waals surface area (Å²) in [6.07, 6.45) is 7.92. The fourth-order valence-electron chi connectivity index (χ4n) is 4.97. The molecule has 2 aliphatic rings. The lowest BCUT2D eigenvalue weighted by molar-refractivity contribution is -0.123. The molecule has 5 atom stereocenters. The predicted octanol–water partition coefficient (Wildman–Crippen LogP) is 3.40. The lowest BCUT2D eigenvalue weighted by Gasteiger charge is -2.29.